The summed E-state index contributed by atoms with van der Waals surface area (Å²) in [5.74, 6) is 1.03. The van der Waals surface area contributed by atoms with Gasteiger partial charge in [-0.25, -0.2) is 0 Å². The highest BCUT2D eigenvalue weighted by Crippen LogP contribution is 2.23. The molecule has 112 valence electrons. The molecule has 3 nitrogen and oxygen atoms in total. The van der Waals surface area contributed by atoms with Crippen molar-refractivity contribution >= 4 is 0 Å². The molecule has 0 spiro atoms. The van der Waals surface area contributed by atoms with Gasteiger partial charge in [0.1, 0.15) is 5.75 Å². The lowest BCUT2D eigenvalue weighted by molar-refractivity contribution is 0.197. The molecule has 20 heavy (non-hydrogen) atoms. The molecule has 0 bridgehead atoms. The van der Waals surface area contributed by atoms with Crippen molar-refractivity contribution in [2.45, 2.75) is 39.2 Å². The Morgan fingerprint density at radius 1 is 1.15 bits per heavy atom. The first-order chi connectivity index (χ1) is 9.66. The molecule has 0 radical (unpaired) electrons. The smallest absolute Gasteiger partial charge is 0.120 e. The molecule has 1 aromatic carbocycles. The number of phenols is 1. The summed E-state index contributed by atoms with van der Waals surface area (Å²) in [5.41, 5.74) is 0.984. The van der Waals surface area contributed by atoms with Crippen LogP contribution >= 0.6 is 0 Å². The van der Waals surface area contributed by atoms with Crippen LogP contribution in [0.1, 0.15) is 44.7 Å². The van der Waals surface area contributed by atoms with Gasteiger partial charge in [-0.3, -0.25) is 0 Å². The zero-order chi connectivity index (χ0) is 14.4. The second-order valence-electron chi connectivity index (χ2n) is 6.16. The lowest BCUT2D eigenvalue weighted by Gasteiger charge is -2.29. The van der Waals surface area contributed by atoms with Crippen LogP contribution in [-0.4, -0.2) is 36.2 Å². The molecule has 2 unspecified atom stereocenters. The lowest BCUT2D eigenvalue weighted by Crippen LogP contribution is -2.37. The Balaban J connectivity index is 1.75. The predicted molar refractivity (Wildman–Crippen MR) is 84.0 cm³/mol. The summed E-state index contributed by atoms with van der Waals surface area (Å²) in [6.45, 7) is 9.12. The van der Waals surface area contributed by atoms with E-state index in [2.05, 4.69) is 24.1 Å². The normalized spacial score (nSPS) is 19.7. The van der Waals surface area contributed by atoms with Crippen molar-refractivity contribution in [2.75, 3.05) is 26.2 Å². The van der Waals surface area contributed by atoms with Gasteiger partial charge in [0.25, 0.3) is 0 Å². The van der Waals surface area contributed by atoms with E-state index >= 15 is 0 Å². The van der Waals surface area contributed by atoms with Crippen molar-refractivity contribution < 1.29 is 5.11 Å². The summed E-state index contributed by atoms with van der Waals surface area (Å²) >= 11 is 0. The highest BCUT2D eigenvalue weighted by Gasteiger charge is 2.15. The molecule has 0 saturated carbocycles. The minimum Gasteiger partial charge on any atom is -0.508 e. The largest absolute Gasteiger partial charge is 0.508 e. The molecule has 0 aliphatic carbocycles. The highest BCUT2D eigenvalue weighted by molar-refractivity contribution is 5.34. The van der Waals surface area contributed by atoms with Crippen LogP contribution in [0.2, 0.25) is 0 Å². The number of benzene rings is 1. The second-order valence-corrected chi connectivity index (χ2v) is 6.16. The molecule has 3 heteroatoms. The monoisotopic (exact) mass is 276 g/mol. The van der Waals surface area contributed by atoms with Crippen molar-refractivity contribution in [2.24, 2.45) is 5.92 Å². The second kappa shape index (κ2) is 7.65. The topological polar surface area (TPSA) is 35.5 Å². The molecule has 0 aromatic heterocycles. The summed E-state index contributed by atoms with van der Waals surface area (Å²) in [6.07, 6.45) is 4.11. The van der Waals surface area contributed by atoms with Crippen LogP contribution < -0.4 is 5.32 Å². The Labute approximate surface area is 123 Å². The van der Waals surface area contributed by atoms with Crippen molar-refractivity contribution in [1.82, 2.24) is 10.2 Å². The van der Waals surface area contributed by atoms with Crippen molar-refractivity contribution in [1.29, 1.82) is 0 Å². The van der Waals surface area contributed by atoms with Gasteiger partial charge < -0.3 is 15.3 Å². The number of piperidine rings is 1. The number of nitrogens with one attached hydrogen (secondary N) is 1. The Kier molecular flexibility index (Phi) is 5.86. The van der Waals surface area contributed by atoms with E-state index in [0.717, 1.165) is 12.1 Å². The van der Waals surface area contributed by atoms with Crippen LogP contribution in [0, 0.1) is 5.92 Å². The third-order valence-electron chi connectivity index (χ3n) is 4.19. The van der Waals surface area contributed by atoms with E-state index in [1.165, 1.54) is 38.9 Å². The van der Waals surface area contributed by atoms with Gasteiger partial charge in [0, 0.05) is 18.2 Å². The SMILES string of the molecule is CC(CNC(C)c1ccccc1O)CN1CCCCC1. The fraction of sp³-hybridized carbons (Fsp3) is 0.647. The van der Waals surface area contributed by atoms with Crippen LogP contribution in [0.25, 0.3) is 0 Å². The molecule has 2 atom stereocenters. The molecule has 2 N–H and O–H groups in total. The van der Waals surface area contributed by atoms with Gasteiger partial charge in [-0.15, -0.1) is 0 Å². The van der Waals surface area contributed by atoms with E-state index in [1.54, 1.807) is 6.07 Å². The van der Waals surface area contributed by atoms with Gasteiger partial charge in [-0.1, -0.05) is 31.5 Å². The number of aromatic hydroxyl groups is 1. The van der Waals surface area contributed by atoms with Crippen molar-refractivity contribution in [3.8, 4) is 5.75 Å². The number of hydrogen-bond acceptors (Lipinski definition) is 3. The number of para-hydroxylation sites is 1. The standard InChI is InChI=1S/C17H28N2O/c1-14(13-19-10-6-3-7-11-19)12-18-15(2)16-8-4-5-9-17(16)20/h4-5,8-9,14-15,18,20H,3,6-7,10-13H2,1-2H3. The summed E-state index contributed by atoms with van der Waals surface area (Å²) in [7, 11) is 0. The number of hydrogen-bond donors (Lipinski definition) is 2. The van der Waals surface area contributed by atoms with E-state index in [4.69, 9.17) is 0 Å². The van der Waals surface area contributed by atoms with Gasteiger partial charge in [0.15, 0.2) is 0 Å². The van der Waals surface area contributed by atoms with Gasteiger partial charge >= 0.3 is 0 Å². The van der Waals surface area contributed by atoms with Crippen LogP contribution in [0.5, 0.6) is 5.75 Å². The lowest BCUT2D eigenvalue weighted by atomic mass is 10.0. The molecule has 1 aromatic rings. The van der Waals surface area contributed by atoms with Gasteiger partial charge in [0.05, 0.1) is 0 Å². The van der Waals surface area contributed by atoms with Crippen LogP contribution in [0.15, 0.2) is 24.3 Å². The van der Waals surface area contributed by atoms with Crippen molar-refractivity contribution in [3.05, 3.63) is 29.8 Å². The maximum absolute atomic E-state index is 9.86. The van der Waals surface area contributed by atoms with Gasteiger partial charge in [0.2, 0.25) is 0 Å². The molecule has 0 amide bonds. The summed E-state index contributed by atoms with van der Waals surface area (Å²) in [4.78, 5) is 2.58. The molecule has 1 aliphatic rings. The fourth-order valence-corrected chi connectivity index (χ4v) is 2.99. The maximum atomic E-state index is 9.86. The Bertz CT molecular complexity index is 402. The summed E-state index contributed by atoms with van der Waals surface area (Å²) in [5, 5.41) is 13.4. The zero-order valence-electron chi connectivity index (χ0n) is 12.8. The van der Waals surface area contributed by atoms with Crippen LogP contribution in [0.4, 0.5) is 0 Å². The van der Waals surface area contributed by atoms with E-state index in [1.807, 2.05) is 18.2 Å². The number of phenolic OH excluding ortho intramolecular Hbond substituents is 1. The molecular formula is C17H28N2O. The van der Waals surface area contributed by atoms with Gasteiger partial charge in [-0.2, -0.15) is 0 Å². The first-order valence-electron chi connectivity index (χ1n) is 7.90. The van der Waals surface area contributed by atoms with E-state index < -0.39 is 0 Å². The fourth-order valence-electron chi connectivity index (χ4n) is 2.99. The molecular weight excluding hydrogens is 248 g/mol. The first-order valence-corrected chi connectivity index (χ1v) is 7.90. The predicted octanol–water partition coefficient (Wildman–Crippen LogP) is 3.16. The molecule has 1 heterocycles. The van der Waals surface area contributed by atoms with Crippen LogP contribution in [-0.2, 0) is 0 Å². The Morgan fingerprint density at radius 3 is 2.55 bits per heavy atom. The highest BCUT2D eigenvalue weighted by atomic mass is 16.3. The van der Waals surface area contributed by atoms with Crippen molar-refractivity contribution in [3.63, 3.8) is 0 Å². The Hall–Kier alpha value is -1.06. The Morgan fingerprint density at radius 2 is 1.85 bits per heavy atom. The quantitative estimate of drug-likeness (QED) is 0.838. The molecule has 1 fully saturated rings. The van der Waals surface area contributed by atoms with E-state index in [-0.39, 0.29) is 6.04 Å². The van der Waals surface area contributed by atoms with E-state index in [9.17, 15) is 5.11 Å². The minimum absolute atomic E-state index is 0.194. The minimum atomic E-state index is 0.194. The maximum Gasteiger partial charge on any atom is 0.120 e. The summed E-state index contributed by atoms with van der Waals surface area (Å²) in [6, 6.07) is 7.78. The molecule has 2 rings (SSSR count). The average Bonchev–Trinajstić information content (AvgIpc) is 2.46. The molecule has 1 saturated heterocycles. The zero-order valence-corrected chi connectivity index (χ0v) is 12.8. The number of nitrogens with zero attached hydrogens (tertiary/aromatic N) is 1. The van der Waals surface area contributed by atoms with E-state index in [0.29, 0.717) is 11.7 Å². The van der Waals surface area contributed by atoms with Crippen LogP contribution in [0.3, 0.4) is 0 Å². The van der Waals surface area contributed by atoms with Gasteiger partial charge in [-0.05, 0) is 51.4 Å². The first kappa shape index (κ1) is 15.3. The third-order valence-corrected chi connectivity index (χ3v) is 4.19. The number of rotatable bonds is 6. The average molecular weight is 276 g/mol. The third kappa shape index (κ3) is 4.50. The molecule has 1 aliphatic heterocycles. The number of likely N-dealkylation sites (tertiary alicyclic amines) is 1. The summed E-state index contributed by atoms with van der Waals surface area (Å²) < 4.78 is 0.